The Balaban J connectivity index is 1.74. The second kappa shape index (κ2) is 6.76. The van der Waals surface area contributed by atoms with Gasteiger partial charge in [0.15, 0.2) is 0 Å². The van der Waals surface area contributed by atoms with Gasteiger partial charge >= 0.3 is 6.03 Å². The SMILES string of the molecule is COc1nc(N2CCN(Cc3ccc(Cl)cc3)C2=O)ccc1Br. The molecule has 2 amide bonds. The number of nitrogens with zero attached hydrogens (tertiary/aromatic N) is 3. The summed E-state index contributed by atoms with van der Waals surface area (Å²) in [5.74, 6) is 1.06. The molecule has 1 aliphatic rings. The molecule has 23 heavy (non-hydrogen) atoms. The van der Waals surface area contributed by atoms with E-state index < -0.39 is 0 Å². The monoisotopic (exact) mass is 395 g/mol. The van der Waals surface area contributed by atoms with Crippen LogP contribution < -0.4 is 9.64 Å². The maximum atomic E-state index is 12.6. The van der Waals surface area contributed by atoms with Gasteiger partial charge in [0.1, 0.15) is 5.82 Å². The molecule has 0 radical (unpaired) electrons. The van der Waals surface area contributed by atoms with Crippen molar-refractivity contribution in [2.45, 2.75) is 6.54 Å². The predicted molar refractivity (Wildman–Crippen MR) is 93.1 cm³/mol. The fourth-order valence-electron chi connectivity index (χ4n) is 2.46. The van der Waals surface area contributed by atoms with Crippen LogP contribution >= 0.6 is 27.5 Å². The minimum absolute atomic E-state index is 0.0585. The Hall–Kier alpha value is -1.79. The van der Waals surface area contributed by atoms with Gasteiger partial charge in [0, 0.05) is 24.7 Å². The fraction of sp³-hybridized carbons (Fsp3) is 0.250. The molecule has 1 fully saturated rings. The van der Waals surface area contributed by atoms with Crippen LogP contribution in [0.15, 0.2) is 40.9 Å². The van der Waals surface area contributed by atoms with Crippen molar-refractivity contribution in [3.63, 3.8) is 0 Å². The second-order valence-corrected chi connectivity index (χ2v) is 6.43. The molecule has 5 nitrogen and oxygen atoms in total. The molecule has 0 spiro atoms. The van der Waals surface area contributed by atoms with Crippen molar-refractivity contribution in [1.82, 2.24) is 9.88 Å². The van der Waals surface area contributed by atoms with Crippen molar-refractivity contribution < 1.29 is 9.53 Å². The van der Waals surface area contributed by atoms with Gasteiger partial charge in [0.05, 0.1) is 11.6 Å². The first-order valence-corrected chi connectivity index (χ1v) is 8.27. The zero-order chi connectivity index (χ0) is 16.4. The van der Waals surface area contributed by atoms with Gasteiger partial charge in [-0.2, -0.15) is 4.98 Å². The highest BCUT2D eigenvalue weighted by atomic mass is 79.9. The molecule has 1 saturated heterocycles. The van der Waals surface area contributed by atoms with Gasteiger partial charge in [-0.3, -0.25) is 4.90 Å². The summed E-state index contributed by atoms with van der Waals surface area (Å²) in [6.07, 6.45) is 0. The van der Waals surface area contributed by atoms with E-state index in [0.717, 1.165) is 10.0 Å². The summed E-state index contributed by atoms with van der Waals surface area (Å²) in [6, 6.07) is 11.1. The quantitative estimate of drug-likeness (QED) is 0.786. The number of rotatable bonds is 4. The number of ether oxygens (including phenoxy) is 1. The first kappa shape index (κ1) is 16.1. The minimum atomic E-state index is -0.0585. The van der Waals surface area contributed by atoms with E-state index in [0.29, 0.717) is 36.4 Å². The summed E-state index contributed by atoms with van der Waals surface area (Å²) in [5.41, 5.74) is 1.05. The number of pyridine rings is 1. The number of amides is 2. The van der Waals surface area contributed by atoms with Crippen molar-refractivity contribution in [1.29, 1.82) is 0 Å². The van der Waals surface area contributed by atoms with E-state index in [-0.39, 0.29) is 6.03 Å². The molecule has 3 rings (SSSR count). The number of methoxy groups -OCH3 is 1. The smallest absolute Gasteiger partial charge is 0.326 e. The summed E-state index contributed by atoms with van der Waals surface area (Å²) in [5, 5.41) is 0.689. The Bertz CT molecular complexity index is 724. The number of urea groups is 1. The Kier molecular flexibility index (Phi) is 4.73. The van der Waals surface area contributed by atoms with Gasteiger partial charge in [-0.25, -0.2) is 4.79 Å². The first-order chi connectivity index (χ1) is 11.1. The lowest BCUT2D eigenvalue weighted by molar-refractivity contribution is 0.218. The van der Waals surface area contributed by atoms with E-state index in [2.05, 4.69) is 20.9 Å². The summed E-state index contributed by atoms with van der Waals surface area (Å²) < 4.78 is 5.95. The third kappa shape index (κ3) is 3.43. The van der Waals surface area contributed by atoms with Crippen LogP contribution in [0.25, 0.3) is 0 Å². The van der Waals surface area contributed by atoms with Crippen molar-refractivity contribution in [2.24, 2.45) is 0 Å². The van der Waals surface area contributed by atoms with Crippen LogP contribution in [0.5, 0.6) is 5.88 Å². The van der Waals surface area contributed by atoms with Crippen molar-refractivity contribution in [3.8, 4) is 5.88 Å². The van der Waals surface area contributed by atoms with Crippen molar-refractivity contribution in [2.75, 3.05) is 25.1 Å². The van der Waals surface area contributed by atoms with Gasteiger partial charge in [-0.15, -0.1) is 0 Å². The molecule has 120 valence electrons. The topological polar surface area (TPSA) is 45.7 Å². The highest BCUT2D eigenvalue weighted by Crippen LogP contribution is 2.27. The van der Waals surface area contributed by atoms with Gasteiger partial charge < -0.3 is 9.64 Å². The molecule has 0 N–H and O–H groups in total. The van der Waals surface area contributed by atoms with E-state index in [1.54, 1.807) is 23.0 Å². The predicted octanol–water partition coefficient (Wildman–Crippen LogP) is 3.95. The normalized spacial score (nSPS) is 14.5. The zero-order valence-corrected chi connectivity index (χ0v) is 14.8. The third-order valence-corrected chi connectivity index (χ3v) is 4.51. The minimum Gasteiger partial charge on any atom is -0.480 e. The summed E-state index contributed by atoms with van der Waals surface area (Å²) in [7, 11) is 1.55. The maximum Gasteiger partial charge on any atom is 0.326 e. The van der Waals surface area contributed by atoms with Crippen LogP contribution in [-0.2, 0) is 6.54 Å². The molecule has 0 saturated carbocycles. The van der Waals surface area contributed by atoms with Crippen LogP contribution in [0, 0.1) is 0 Å². The maximum absolute atomic E-state index is 12.6. The van der Waals surface area contributed by atoms with E-state index in [1.165, 1.54) is 0 Å². The molecule has 2 heterocycles. The number of carbonyl (C=O) groups is 1. The van der Waals surface area contributed by atoms with Gasteiger partial charge in [-0.1, -0.05) is 23.7 Å². The number of carbonyl (C=O) groups excluding carboxylic acids is 1. The number of hydrogen-bond donors (Lipinski definition) is 0. The molecule has 1 aliphatic heterocycles. The van der Waals surface area contributed by atoms with Gasteiger partial charge in [-0.05, 0) is 45.8 Å². The van der Waals surface area contributed by atoms with E-state index in [4.69, 9.17) is 16.3 Å². The number of hydrogen-bond acceptors (Lipinski definition) is 3. The summed E-state index contributed by atoms with van der Waals surface area (Å²) in [6.45, 7) is 1.81. The average Bonchev–Trinajstić information content (AvgIpc) is 2.91. The number of halogens is 2. The number of benzene rings is 1. The average molecular weight is 397 g/mol. The van der Waals surface area contributed by atoms with Crippen LogP contribution in [0.2, 0.25) is 5.02 Å². The fourth-order valence-corrected chi connectivity index (χ4v) is 2.97. The highest BCUT2D eigenvalue weighted by Gasteiger charge is 2.30. The Labute approximate surface area is 147 Å². The lowest BCUT2D eigenvalue weighted by Crippen LogP contribution is -2.32. The van der Waals surface area contributed by atoms with E-state index in [1.807, 2.05) is 30.3 Å². The molecular formula is C16H15BrClN3O2. The summed E-state index contributed by atoms with van der Waals surface area (Å²) in [4.78, 5) is 20.4. The Morgan fingerprint density at radius 1 is 1.22 bits per heavy atom. The third-order valence-electron chi connectivity index (χ3n) is 3.65. The molecule has 1 aromatic carbocycles. The van der Waals surface area contributed by atoms with Crippen LogP contribution in [0.4, 0.5) is 10.6 Å². The summed E-state index contributed by atoms with van der Waals surface area (Å²) >= 11 is 9.25. The standard InChI is InChI=1S/C16H15BrClN3O2/c1-23-15-13(17)6-7-14(19-15)21-9-8-20(16(21)22)10-11-2-4-12(18)5-3-11/h2-7H,8-10H2,1H3. The number of aromatic nitrogens is 1. The zero-order valence-electron chi connectivity index (χ0n) is 12.5. The van der Waals surface area contributed by atoms with Gasteiger partial charge in [0.25, 0.3) is 0 Å². The van der Waals surface area contributed by atoms with Crippen molar-refractivity contribution in [3.05, 3.63) is 51.5 Å². The van der Waals surface area contributed by atoms with E-state index in [9.17, 15) is 4.79 Å². The molecular weight excluding hydrogens is 382 g/mol. The van der Waals surface area contributed by atoms with Crippen molar-refractivity contribution >= 4 is 39.4 Å². The molecule has 7 heteroatoms. The van der Waals surface area contributed by atoms with Crippen LogP contribution in [0.1, 0.15) is 5.56 Å². The molecule has 0 bridgehead atoms. The van der Waals surface area contributed by atoms with Crippen LogP contribution in [-0.4, -0.2) is 36.1 Å². The first-order valence-electron chi connectivity index (χ1n) is 7.10. The van der Waals surface area contributed by atoms with Gasteiger partial charge in [0.2, 0.25) is 5.88 Å². The highest BCUT2D eigenvalue weighted by molar-refractivity contribution is 9.10. The molecule has 0 aliphatic carbocycles. The lowest BCUT2D eigenvalue weighted by Gasteiger charge is -2.18. The van der Waals surface area contributed by atoms with Crippen LogP contribution in [0.3, 0.4) is 0 Å². The second-order valence-electron chi connectivity index (χ2n) is 5.14. The molecule has 0 atom stereocenters. The van der Waals surface area contributed by atoms with E-state index >= 15 is 0 Å². The Morgan fingerprint density at radius 2 is 1.96 bits per heavy atom. The molecule has 0 unspecified atom stereocenters. The number of anilines is 1. The molecule has 2 aromatic rings. The Morgan fingerprint density at radius 3 is 2.65 bits per heavy atom. The lowest BCUT2D eigenvalue weighted by atomic mass is 10.2. The largest absolute Gasteiger partial charge is 0.480 e. The molecule has 1 aromatic heterocycles.